The maximum atomic E-state index is 12.3. The zero-order chi connectivity index (χ0) is 16.1. The number of carbonyl (C=O) groups is 3. The Balaban J connectivity index is 4.89. The van der Waals surface area contributed by atoms with Crippen molar-refractivity contribution in [2.45, 2.75) is 38.5 Å². The van der Waals surface area contributed by atoms with Crippen molar-refractivity contribution in [2.75, 3.05) is 6.54 Å². The van der Waals surface area contributed by atoms with Crippen molar-refractivity contribution in [3.8, 4) is 0 Å². The molecular formula is C10H15F3N2O5. The van der Waals surface area contributed by atoms with E-state index >= 15 is 0 Å². The Hall–Kier alpha value is -2.00. The lowest BCUT2D eigenvalue weighted by molar-refractivity contribution is -0.146. The van der Waals surface area contributed by atoms with Crippen molar-refractivity contribution in [3.63, 3.8) is 0 Å². The van der Waals surface area contributed by atoms with E-state index in [0.29, 0.717) is 4.90 Å². The summed E-state index contributed by atoms with van der Waals surface area (Å²) in [6, 6.07) is -3.92. The van der Waals surface area contributed by atoms with Gasteiger partial charge in [-0.1, -0.05) is 0 Å². The Labute approximate surface area is 112 Å². The summed E-state index contributed by atoms with van der Waals surface area (Å²) in [6.07, 6.45) is -5.58. The van der Waals surface area contributed by atoms with Gasteiger partial charge >= 0.3 is 24.1 Å². The maximum Gasteiger partial charge on any atom is 0.406 e. The molecule has 7 nitrogen and oxygen atoms in total. The average Bonchev–Trinajstić information content (AvgIpc) is 2.22. The molecule has 0 bridgehead atoms. The van der Waals surface area contributed by atoms with E-state index in [-0.39, 0.29) is 0 Å². The van der Waals surface area contributed by atoms with Crippen molar-refractivity contribution in [3.05, 3.63) is 0 Å². The van der Waals surface area contributed by atoms with Crippen LogP contribution in [0.5, 0.6) is 0 Å². The highest BCUT2D eigenvalue weighted by atomic mass is 19.4. The lowest BCUT2D eigenvalue weighted by atomic mass is 10.2. The molecule has 0 fully saturated rings. The highest BCUT2D eigenvalue weighted by Gasteiger charge is 2.35. The van der Waals surface area contributed by atoms with Gasteiger partial charge in [-0.05, 0) is 13.8 Å². The summed E-state index contributed by atoms with van der Waals surface area (Å²) in [4.78, 5) is 33.1. The van der Waals surface area contributed by atoms with Crippen LogP contribution >= 0.6 is 0 Å². The van der Waals surface area contributed by atoms with Gasteiger partial charge < -0.3 is 20.4 Å². The van der Waals surface area contributed by atoms with Crippen LogP contribution in [0, 0.1) is 0 Å². The molecular weight excluding hydrogens is 285 g/mol. The molecule has 0 aromatic carbocycles. The number of urea groups is 1. The topological polar surface area (TPSA) is 107 Å². The van der Waals surface area contributed by atoms with Gasteiger partial charge in [0.05, 0.1) is 6.42 Å². The molecule has 0 saturated carbocycles. The Kier molecular flexibility index (Phi) is 6.27. The number of hydrogen-bond donors (Lipinski definition) is 3. The molecule has 0 rings (SSSR count). The zero-order valence-electron chi connectivity index (χ0n) is 10.8. The van der Waals surface area contributed by atoms with Gasteiger partial charge in [-0.3, -0.25) is 4.79 Å². The van der Waals surface area contributed by atoms with Crippen LogP contribution in [-0.2, 0) is 9.59 Å². The number of hydrogen-bond acceptors (Lipinski definition) is 3. The number of aliphatic carboxylic acids is 2. The zero-order valence-corrected chi connectivity index (χ0v) is 10.8. The smallest absolute Gasteiger partial charge is 0.406 e. The van der Waals surface area contributed by atoms with Crippen molar-refractivity contribution in [1.29, 1.82) is 0 Å². The SMILES string of the molecule is CC(C)N(CC(F)(F)F)C(=O)N[C@H](CC(=O)O)C(=O)O. The molecule has 0 aromatic heterocycles. The van der Waals surface area contributed by atoms with E-state index in [0.717, 1.165) is 0 Å². The first-order chi connectivity index (χ1) is 8.94. The maximum absolute atomic E-state index is 12.3. The second-order valence-corrected chi connectivity index (χ2v) is 4.28. The van der Waals surface area contributed by atoms with Crippen LogP contribution in [0.4, 0.5) is 18.0 Å². The van der Waals surface area contributed by atoms with E-state index in [1.54, 1.807) is 5.32 Å². The third kappa shape index (κ3) is 6.81. The number of alkyl halides is 3. The minimum atomic E-state index is -4.65. The third-order valence-corrected chi connectivity index (χ3v) is 2.21. The van der Waals surface area contributed by atoms with E-state index in [9.17, 15) is 27.6 Å². The molecule has 0 aliphatic carbocycles. The van der Waals surface area contributed by atoms with Crippen LogP contribution < -0.4 is 5.32 Å². The van der Waals surface area contributed by atoms with Gasteiger partial charge in [-0.15, -0.1) is 0 Å². The van der Waals surface area contributed by atoms with E-state index in [1.807, 2.05) is 0 Å². The largest absolute Gasteiger partial charge is 0.481 e. The van der Waals surface area contributed by atoms with E-state index < -0.39 is 49.2 Å². The summed E-state index contributed by atoms with van der Waals surface area (Å²) in [5.74, 6) is -3.14. The van der Waals surface area contributed by atoms with Gasteiger partial charge in [0, 0.05) is 6.04 Å². The number of halogens is 3. The summed E-state index contributed by atoms with van der Waals surface area (Å²) in [6.45, 7) is 1.08. The van der Waals surface area contributed by atoms with Crippen LogP contribution in [0.1, 0.15) is 20.3 Å². The van der Waals surface area contributed by atoms with Crippen LogP contribution in [0.25, 0.3) is 0 Å². The van der Waals surface area contributed by atoms with Crippen molar-refractivity contribution in [2.24, 2.45) is 0 Å². The Morgan fingerprint density at radius 1 is 1.20 bits per heavy atom. The molecule has 20 heavy (non-hydrogen) atoms. The predicted molar refractivity (Wildman–Crippen MR) is 60.1 cm³/mol. The number of nitrogens with zero attached hydrogens (tertiary/aromatic N) is 1. The number of carboxylic acids is 2. The van der Waals surface area contributed by atoms with Crippen LogP contribution in [-0.4, -0.2) is 57.9 Å². The van der Waals surface area contributed by atoms with Crippen molar-refractivity contribution >= 4 is 18.0 Å². The molecule has 10 heteroatoms. The fraction of sp³-hybridized carbons (Fsp3) is 0.700. The molecule has 3 N–H and O–H groups in total. The molecule has 0 spiro atoms. The van der Waals surface area contributed by atoms with Crippen LogP contribution in [0.2, 0.25) is 0 Å². The molecule has 2 amide bonds. The first-order valence-corrected chi connectivity index (χ1v) is 5.52. The normalized spacial score (nSPS) is 12.9. The summed E-state index contributed by atoms with van der Waals surface area (Å²) >= 11 is 0. The molecule has 0 aromatic rings. The van der Waals surface area contributed by atoms with Crippen LogP contribution in [0.15, 0.2) is 0 Å². The summed E-state index contributed by atoms with van der Waals surface area (Å²) in [5, 5.41) is 18.9. The van der Waals surface area contributed by atoms with Gasteiger partial charge in [0.2, 0.25) is 0 Å². The summed E-state index contributed by atoms with van der Waals surface area (Å²) < 4.78 is 36.9. The van der Waals surface area contributed by atoms with E-state index in [1.165, 1.54) is 13.8 Å². The van der Waals surface area contributed by atoms with Gasteiger partial charge in [0.15, 0.2) is 0 Å². The van der Waals surface area contributed by atoms with Crippen molar-refractivity contribution in [1.82, 2.24) is 10.2 Å². The quantitative estimate of drug-likeness (QED) is 0.675. The molecule has 1 atom stereocenters. The highest BCUT2D eigenvalue weighted by molar-refractivity contribution is 5.86. The second-order valence-electron chi connectivity index (χ2n) is 4.28. The standard InChI is InChI=1S/C10H15F3N2O5/c1-5(2)15(4-10(11,12)13)9(20)14-6(8(18)19)3-7(16)17/h5-6H,3-4H2,1-2H3,(H,14,20)(H,16,17)(H,18,19)/t6-/m1/s1. The average molecular weight is 300 g/mol. The van der Waals surface area contributed by atoms with Gasteiger partial charge in [0.25, 0.3) is 0 Å². The molecule has 0 radical (unpaired) electrons. The van der Waals surface area contributed by atoms with Gasteiger partial charge in [0.1, 0.15) is 12.6 Å². The number of rotatable bonds is 6. The Bertz CT molecular complexity index is 384. The third-order valence-electron chi connectivity index (χ3n) is 2.21. The van der Waals surface area contributed by atoms with E-state index in [4.69, 9.17) is 10.2 Å². The fourth-order valence-corrected chi connectivity index (χ4v) is 1.29. The molecule has 0 saturated heterocycles. The lowest BCUT2D eigenvalue weighted by Crippen LogP contribution is -2.53. The number of carboxylic acid groups (broad SMARTS) is 2. The first-order valence-electron chi connectivity index (χ1n) is 5.52. The fourth-order valence-electron chi connectivity index (χ4n) is 1.29. The predicted octanol–water partition coefficient (Wildman–Crippen LogP) is 0.897. The minimum absolute atomic E-state index is 0.373. The monoisotopic (exact) mass is 300 g/mol. The number of nitrogens with one attached hydrogen (secondary N) is 1. The Morgan fingerprint density at radius 2 is 1.70 bits per heavy atom. The number of amides is 2. The number of carbonyl (C=O) groups excluding carboxylic acids is 1. The highest BCUT2D eigenvalue weighted by Crippen LogP contribution is 2.18. The minimum Gasteiger partial charge on any atom is -0.481 e. The van der Waals surface area contributed by atoms with Gasteiger partial charge in [-0.25, -0.2) is 9.59 Å². The molecule has 0 aliphatic heterocycles. The molecule has 116 valence electrons. The second kappa shape index (κ2) is 6.96. The molecule has 0 aliphatic rings. The molecule has 0 unspecified atom stereocenters. The van der Waals surface area contributed by atoms with E-state index in [2.05, 4.69) is 0 Å². The summed E-state index contributed by atoms with van der Waals surface area (Å²) in [7, 11) is 0. The van der Waals surface area contributed by atoms with Crippen molar-refractivity contribution < 1.29 is 37.8 Å². The van der Waals surface area contributed by atoms with Crippen LogP contribution in [0.3, 0.4) is 0 Å². The van der Waals surface area contributed by atoms with Gasteiger partial charge in [-0.2, -0.15) is 13.2 Å². The first kappa shape index (κ1) is 18.0. The molecule has 0 heterocycles. The Morgan fingerprint density at radius 3 is 2.00 bits per heavy atom. The lowest BCUT2D eigenvalue weighted by Gasteiger charge is -2.29. The summed E-state index contributed by atoms with van der Waals surface area (Å²) in [5.41, 5.74) is 0.